The highest BCUT2D eigenvalue weighted by Gasteiger charge is 2.19. The average Bonchev–Trinajstić information content (AvgIpc) is 3.30. The van der Waals surface area contributed by atoms with E-state index in [4.69, 9.17) is 9.15 Å². The molecule has 0 bridgehead atoms. The van der Waals surface area contributed by atoms with Gasteiger partial charge in [0.1, 0.15) is 17.3 Å². The Bertz CT molecular complexity index is 1460. The number of aliphatic imine (C=N–C) groups is 1. The molecule has 8 heteroatoms. The number of rotatable bonds is 12. The van der Waals surface area contributed by atoms with Crippen molar-refractivity contribution in [3.8, 4) is 17.2 Å². The summed E-state index contributed by atoms with van der Waals surface area (Å²) in [5.41, 5.74) is 2.79. The number of hydrogen-bond donors (Lipinski definition) is 1. The fraction of sp³-hybridized carbons (Fsp3) is 0.226. The SMILES string of the molecule is CC(CC(=O)c1ccccc1F)=N[C@@H](Cc1ccc(OCCc2nc(-c3ccccc3)oc2C)cc1)C(=O)O. The number of aliphatic carboxylic acids is 1. The van der Waals surface area contributed by atoms with E-state index >= 15 is 0 Å². The number of carbonyl (C=O) groups excluding carboxylic acids is 1. The second-order valence-corrected chi connectivity index (χ2v) is 9.13. The van der Waals surface area contributed by atoms with E-state index in [-0.39, 0.29) is 18.4 Å². The Morgan fingerprint density at radius 3 is 2.41 bits per heavy atom. The summed E-state index contributed by atoms with van der Waals surface area (Å²) >= 11 is 0. The van der Waals surface area contributed by atoms with Crippen LogP contribution in [0.15, 0.2) is 88.3 Å². The maximum Gasteiger partial charge on any atom is 0.328 e. The van der Waals surface area contributed by atoms with Crippen molar-refractivity contribution in [2.45, 2.75) is 39.2 Å². The smallest absolute Gasteiger partial charge is 0.328 e. The van der Waals surface area contributed by atoms with Gasteiger partial charge in [-0.2, -0.15) is 0 Å². The van der Waals surface area contributed by atoms with Gasteiger partial charge in [-0.3, -0.25) is 9.79 Å². The lowest BCUT2D eigenvalue weighted by molar-refractivity contribution is -0.138. The summed E-state index contributed by atoms with van der Waals surface area (Å²) in [4.78, 5) is 33.0. The number of carbonyl (C=O) groups is 2. The first-order valence-corrected chi connectivity index (χ1v) is 12.6. The zero-order chi connectivity index (χ0) is 27.8. The number of oxazole rings is 1. The average molecular weight is 529 g/mol. The number of carboxylic acid groups (broad SMARTS) is 1. The van der Waals surface area contributed by atoms with Gasteiger partial charge in [0, 0.05) is 30.5 Å². The summed E-state index contributed by atoms with van der Waals surface area (Å²) in [5, 5.41) is 9.66. The van der Waals surface area contributed by atoms with Crippen LogP contribution in [-0.4, -0.2) is 40.2 Å². The van der Waals surface area contributed by atoms with Crippen molar-refractivity contribution in [3.63, 3.8) is 0 Å². The van der Waals surface area contributed by atoms with E-state index in [0.717, 1.165) is 22.6 Å². The summed E-state index contributed by atoms with van der Waals surface area (Å²) in [7, 11) is 0. The summed E-state index contributed by atoms with van der Waals surface area (Å²) in [6.45, 7) is 3.85. The van der Waals surface area contributed by atoms with E-state index in [2.05, 4.69) is 9.98 Å². The Morgan fingerprint density at radius 2 is 1.72 bits per heavy atom. The van der Waals surface area contributed by atoms with Gasteiger partial charge in [-0.1, -0.05) is 42.5 Å². The van der Waals surface area contributed by atoms with E-state index < -0.39 is 23.6 Å². The predicted molar refractivity (Wildman–Crippen MR) is 146 cm³/mol. The van der Waals surface area contributed by atoms with Crippen LogP contribution in [0.1, 0.15) is 40.7 Å². The summed E-state index contributed by atoms with van der Waals surface area (Å²) < 4.78 is 25.5. The Labute approximate surface area is 226 Å². The minimum atomic E-state index is -1.11. The molecule has 7 nitrogen and oxygen atoms in total. The van der Waals surface area contributed by atoms with Crippen molar-refractivity contribution in [2.75, 3.05) is 6.61 Å². The second kappa shape index (κ2) is 12.8. The molecule has 0 amide bonds. The van der Waals surface area contributed by atoms with Gasteiger partial charge >= 0.3 is 5.97 Å². The molecule has 0 aliphatic carbocycles. The quantitative estimate of drug-likeness (QED) is 0.175. The maximum absolute atomic E-state index is 13.9. The molecule has 0 saturated heterocycles. The van der Waals surface area contributed by atoms with E-state index in [1.165, 1.54) is 18.2 Å². The van der Waals surface area contributed by atoms with Crippen LogP contribution < -0.4 is 4.74 Å². The third kappa shape index (κ3) is 7.47. The van der Waals surface area contributed by atoms with Crippen LogP contribution in [-0.2, 0) is 17.6 Å². The lowest BCUT2D eigenvalue weighted by Gasteiger charge is -2.11. The number of halogens is 1. The standard InChI is InChI=1S/C31H29FN2O5/c1-20(18-29(35)25-10-6-7-11-26(25)32)33-28(31(36)37)19-22-12-14-24(15-13-22)38-17-16-27-21(2)39-30(34-27)23-8-4-3-5-9-23/h3-15,28H,16-19H2,1-2H3,(H,36,37)/t28-/m0/s1. The van der Waals surface area contributed by atoms with E-state index in [1.807, 2.05) is 37.3 Å². The van der Waals surface area contributed by atoms with Gasteiger partial charge in [-0.05, 0) is 55.8 Å². The molecule has 1 heterocycles. The molecule has 4 rings (SSSR count). The molecule has 0 radical (unpaired) electrons. The maximum atomic E-state index is 13.9. The number of carboxylic acids is 1. The van der Waals surface area contributed by atoms with Gasteiger partial charge in [-0.25, -0.2) is 14.2 Å². The fourth-order valence-corrected chi connectivity index (χ4v) is 4.09. The molecule has 3 aromatic carbocycles. The number of ether oxygens (including phenoxy) is 1. The number of hydrogen-bond acceptors (Lipinski definition) is 6. The number of aromatic nitrogens is 1. The number of aryl methyl sites for hydroxylation is 1. The molecule has 0 spiro atoms. The van der Waals surface area contributed by atoms with Gasteiger partial charge in [0.2, 0.25) is 5.89 Å². The van der Waals surface area contributed by atoms with E-state index in [9.17, 15) is 19.1 Å². The largest absolute Gasteiger partial charge is 0.493 e. The second-order valence-electron chi connectivity index (χ2n) is 9.13. The molecule has 0 aliphatic heterocycles. The Morgan fingerprint density at radius 1 is 1.03 bits per heavy atom. The monoisotopic (exact) mass is 528 g/mol. The molecule has 0 saturated carbocycles. The van der Waals surface area contributed by atoms with Crippen LogP contribution in [0.25, 0.3) is 11.5 Å². The molecule has 0 unspecified atom stereocenters. The Balaban J connectivity index is 1.31. The number of nitrogens with zero attached hydrogens (tertiary/aromatic N) is 2. The molecule has 1 atom stereocenters. The first-order valence-electron chi connectivity index (χ1n) is 12.6. The molecular weight excluding hydrogens is 499 g/mol. The first-order chi connectivity index (χ1) is 18.8. The normalized spacial score (nSPS) is 12.2. The highest BCUT2D eigenvalue weighted by molar-refractivity contribution is 6.09. The van der Waals surface area contributed by atoms with Gasteiger partial charge in [0.15, 0.2) is 11.8 Å². The third-order valence-corrected chi connectivity index (χ3v) is 6.13. The zero-order valence-corrected chi connectivity index (χ0v) is 21.8. The first kappa shape index (κ1) is 27.4. The Hall–Kier alpha value is -4.59. The predicted octanol–water partition coefficient (Wildman–Crippen LogP) is 6.14. The number of benzene rings is 3. The molecule has 1 aromatic heterocycles. The van der Waals surface area contributed by atoms with Crippen molar-refractivity contribution in [2.24, 2.45) is 4.99 Å². The van der Waals surface area contributed by atoms with Crippen LogP contribution in [0.3, 0.4) is 0 Å². The topological polar surface area (TPSA) is 102 Å². The van der Waals surface area contributed by atoms with Crippen molar-refractivity contribution < 1.29 is 28.2 Å². The molecule has 200 valence electrons. The molecule has 4 aromatic rings. The van der Waals surface area contributed by atoms with Gasteiger partial charge in [0.05, 0.1) is 17.9 Å². The van der Waals surface area contributed by atoms with Gasteiger partial charge < -0.3 is 14.3 Å². The minimum Gasteiger partial charge on any atom is -0.493 e. The zero-order valence-electron chi connectivity index (χ0n) is 21.8. The molecule has 0 fully saturated rings. The summed E-state index contributed by atoms with van der Waals surface area (Å²) in [5.74, 6) is -0.192. The summed E-state index contributed by atoms with van der Waals surface area (Å²) in [6.07, 6.45) is 0.557. The van der Waals surface area contributed by atoms with Crippen LogP contribution in [0.5, 0.6) is 5.75 Å². The highest BCUT2D eigenvalue weighted by atomic mass is 19.1. The molecule has 1 N–H and O–H groups in total. The highest BCUT2D eigenvalue weighted by Crippen LogP contribution is 2.22. The van der Waals surface area contributed by atoms with E-state index in [1.54, 1.807) is 37.3 Å². The lowest BCUT2D eigenvalue weighted by atomic mass is 10.0. The van der Waals surface area contributed by atoms with Crippen molar-refractivity contribution >= 4 is 17.5 Å². The minimum absolute atomic E-state index is 0.0372. The van der Waals surface area contributed by atoms with Gasteiger partial charge in [-0.15, -0.1) is 0 Å². The fourth-order valence-electron chi connectivity index (χ4n) is 4.09. The third-order valence-electron chi connectivity index (χ3n) is 6.13. The van der Waals surface area contributed by atoms with Gasteiger partial charge in [0.25, 0.3) is 0 Å². The number of ketones is 1. The molecule has 39 heavy (non-hydrogen) atoms. The van der Waals surface area contributed by atoms with Crippen LogP contribution in [0.4, 0.5) is 4.39 Å². The molecular formula is C31H29FN2O5. The van der Waals surface area contributed by atoms with Crippen molar-refractivity contribution in [1.29, 1.82) is 0 Å². The van der Waals surface area contributed by atoms with Crippen LogP contribution in [0, 0.1) is 12.7 Å². The van der Waals surface area contributed by atoms with Crippen molar-refractivity contribution in [3.05, 3.63) is 107 Å². The lowest BCUT2D eigenvalue weighted by Crippen LogP contribution is -2.23. The Kier molecular flexibility index (Phi) is 8.99. The van der Waals surface area contributed by atoms with Crippen LogP contribution >= 0.6 is 0 Å². The van der Waals surface area contributed by atoms with Crippen LogP contribution in [0.2, 0.25) is 0 Å². The van der Waals surface area contributed by atoms with Crippen molar-refractivity contribution in [1.82, 2.24) is 4.98 Å². The summed E-state index contributed by atoms with van der Waals surface area (Å²) in [6, 6.07) is 21.4. The van der Waals surface area contributed by atoms with E-state index in [0.29, 0.717) is 30.4 Å². The number of Topliss-reactive ketones (excluding diaryl/α,β-unsaturated/α-hetero) is 1. The molecule has 0 aliphatic rings.